The van der Waals surface area contributed by atoms with Crippen LogP contribution in [-0.4, -0.2) is 30.9 Å². The van der Waals surface area contributed by atoms with Crippen molar-refractivity contribution in [3.05, 3.63) is 36.0 Å². The molecule has 4 heteroatoms. The van der Waals surface area contributed by atoms with E-state index in [2.05, 4.69) is 16.8 Å². The largest absolute Gasteiger partial charge is 0.465 e. The third kappa shape index (κ3) is 2.12. The molecule has 0 amide bonds. The second-order valence-electron chi connectivity index (χ2n) is 4.80. The Kier molecular flexibility index (Phi) is 3.25. The van der Waals surface area contributed by atoms with Crippen molar-refractivity contribution in [1.82, 2.24) is 4.57 Å². The van der Waals surface area contributed by atoms with E-state index in [9.17, 15) is 4.79 Å². The molecule has 2 aromatic rings. The summed E-state index contributed by atoms with van der Waals surface area (Å²) >= 11 is 0. The maximum absolute atomic E-state index is 11.8. The van der Waals surface area contributed by atoms with Crippen LogP contribution in [0.2, 0.25) is 0 Å². The number of rotatable bonds is 2. The predicted molar refractivity (Wildman–Crippen MR) is 72.4 cm³/mol. The van der Waals surface area contributed by atoms with Crippen LogP contribution < -0.4 is 0 Å². The van der Waals surface area contributed by atoms with E-state index in [1.165, 1.54) is 7.11 Å². The van der Waals surface area contributed by atoms with Crippen LogP contribution in [0.15, 0.2) is 30.5 Å². The van der Waals surface area contributed by atoms with E-state index in [-0.39, 0.29) is 5.97 Å². The third-order valence-corrected chi connectivity index (χ3v) is 3.75. The Morgan fingerprint density at radius 3 is 2.84 bits per heavy atom. The summed E-state index contributed by atoms with van der Waals surface area (Å²) in [7, 11) is 1.41. The number of methoxy groups -OCH3 is 1. The Balaban J connectivity index is 2.05. The van der Waals surface area contributed by atoms with E-state index in [4.69, 9.17) is 9.47 Å². The topological polar surface area (TPSA) is 40.5 Å². The van der Waals surface area contributed by atoms with Crippen molar-refractivity contribution in [2.45, 2.75) is 18.9 Å². The lowest BCUT2D eigenvalue weighted by Crippen LogP contribution is -2.18. The zero-order valence-corrected chi connectivity index (χ0v) is 11.0. The van der Waals surface area contributed by atoms with Gasteiger partial charge in [-0.2, -0.15) is 0 Å². The lowest BCUT2D eigenvalue weighted by Gasteiger charge is -2.24. The lowest BCUT2D eigenvalue weighted by atomic mass is 10.1. The molecular weight excluding hydrogens is 242 g/mol. The lowest BCUT2D eigenvalue weighted by molar-refractivity contribution is 0.0602. The minimum atomic E-state index is -0.282. The number of hydrogen-bond acceptors (Lipinski definition) is 3. The molecule has 1 fully saturated rings. The molecule has 3 rings (SSSR count). The molecule has 100 valence electrons. The van der Waals surface area contributed by atoms with Gasteiger partial charge in [-0.05, 0) is 31.0 Å². The molecule has 1 aromatic heterocycles. The summed E-state index contributed by atoms with van der Waals surface area (Å²) in [6, 6.07) is 8.22. The van der Waals surface area contributed by atoms with E-state index in [0.717, 1.165) is 37.0 Å². The molecule has 4 nitrogen and oxygen atoms in total. The van der Waals surface area contributed by atoms with Gasteiger partial charge < -0.3 is 14.0 Å². The molecule has 0 saturated carbocycles. The molecule has 0 radical (unpaired) electrons. The number of carbonyl (C=O) groups excluding carboxylic acids is 1. The van der Waals surface area contributed by atoms with E-state index in [0.29, 0.717) is 11.6 Å². The van der Waals surface area contributed by atoms with Crippen LogP contribution in [0.5, 0.6) is 0 Å². The fraction of sp³-hybridized carbons (Fsp3) is 0.400. The summed E-state index contributed by atoms with van der Waals surface area (Å²) < 4.78 is 12.5. The minimum Gasteiger partial charge on any atom is -0.465 e. The number of carbonyl (C=O) groups is 1. The van der Waals surface area contributed by atoms with E-state index in [1.54, 1.807) is 0 Å². The molecule has 19 heavy (non-hydrogen) atoms. The summed E-state index contributed by atoms with van der Waals surface area (Å²) in [5, 5.41) is 0.959. The second-order valence-corrected chi connectivity index (χ2v) is 4.80. The van der Waals surface area contributed by atoms with Gasteiger partial charge in [-0.1, -0.05) is 6.07 Å². The predicted octanol–water partition coefficient (Wildman–Crippen LogP) is 2.78. The van der Waals surface area contributed by atoms with Crippen LogP contribution in [-0.2, 0) is 9.47 Å². The molecule has 0 bridgehead atoms. The van der Waals surface area contributed by atoms with E-state index in [1.807, 2.05) is 18.2 Å². The van der Waals surface area contributed by atoms with Gasteiger partial charge in [0, 0.05) is 36.4 Å². The maximum atomic E-state index is 11.8. The molecule has 0 spiro atoms. The van der Waals surface area contributed by atoms with Gasteiger partial charge in [0.1, 0.15) is 0 Å². The van der Waals surface area contributed by atoms with Crippen LogP contribution in [0.3, 0.4) is 0 Å². The van der Waals surface area contributed by atoms with Gasteiger partial charge in [0.15, 0.2) is 0 Å². The molecule has 0 atom stereocenters. The first-order chi connectivity index (χ1) is 9.31. The fourth-order valence-electron chi connectivity index (χ4n) is 2.76. The Labute approximate surface area is 111 Å². The molecule has 1 aromatic carbocycles. The standard InChI is InChI=1S/C15H17NO3/c1-18-15(17)13-3-2-4-14-12(13)5-8-16(14)11-6-9-19-10-7-11/h2-5,8,11H,6-7,9-10H2,1H3. The highest BCUT2D eigenvalue weighted by Gasteiger charge is 2.19. The number of aromatic nitrogens is 1. The molecular formula is C15H17NO3. The van der Waals surface area contributed by atoms with Crippen LogP contribution in [0.4, 0.5) is 0 Å². The monoisotopic (exact) mass is 259 g/mol. The summed E-state index contributed by atoms with van der Waals surface area (Å²) in [6.45, 7) is 1.61. The van der Waals surface area contributed by atoms with Gasteiger partial charge in [0.2, 0.25) is 0 Å². The Hall–Kier alpha value is -1.81. The third-order valence-electron chi connectivity index (χ3n) is 3.75. The Morgan fingerprint density at radius 2 is 2.11 bits per heavy atom. The van der Waals surface area contributed by atoms with Crippen LogP contribution >= 0.6 is 0 Å². The number of ether oxygens (including phenoxy) is 2. The first-order valence-electron chi connectivity index (χ1n) is 6.57. The average molecular weight is 259 g/mol. The van der Waals surface area contributed by atoms with Crippen molar-refractivity contribution in [2.75, 3.05) is 20.3 Å². The van der Waals surface area contributed by atoms with Gasteiger partial charge >= 0.3 is 5.97 Å². The van der Waals surface area contributed by atoms with Crippen molar-refractivity contribution in [3.63, 3.8) is 0 Å². The first kappa shape index (κ1) is 12.2. The Morgan fingerprint density at radius 1 is 1.32 bits per heavy atom. The highest BCUT2D eigenvalue weighted by atomic mass is 16.5. The minimum absolute atomic E-state index is 0.282. The van der Waals surface area contributed by atoms with E-state index < -0.39 is 0 Å². The van der Waals surface area contributed by atoms with Gasteiger partial charge in [0.05, 0.1) is 12.7 Å². The molecule has 0 unspecified atom stereocenters. The second kappa shape index (κ2) is 5.05. The molecule has 1 saturated heterocycles. The van der Waals surface area contributed by atoms with Crippen molar-refractivity contribution in [1.29, 1.82) is 0 Å². The molecule has 0 N–H and O–H groups in total. The zero-order chi connectivity index (χ0) is 13.2. The molecule has 0 aliphatic carbocycles. The first-order valence-corrected chi connectivity index (χ1v) is 6.57. The Bertz CT molecular complexity index is 596. The van der Waals surface area contributed by atoms with Crippen molar-refractivity contribution in [2.24, 2.45) is 0 Å². The SMILES string of the molecule is COC(=O)c1cccc2c1ccn2C1CCOCC1. The van der Waals surface area contributed by atoms with Crippen molar-refractivity contribution in [3.8, 4) is 0 Å². The normalized spacial score (nSPS) is 16.7. The molecule has 2 heterocycles. The van der Waals surface area contributed by atoms with Crippen LogP contribution in [0.25, 0.3) is 10.9 Å². The smallest absolute Gasteiger partial charge is 0.338 e. The number of nitrogens with zero attached hydrogens (tertiary/aromatic N) is 1. The molecule has 1 aliphatic rings. The van der Waals surface area contributed by atoms with Crippen molar-refractivity contribution < 1.29 is 14.3 Å². The average Bonchev–Trinajstić information content (AvgIpc) is 2.91. The van der Waals surface area contributed by atoms with Gasteiger partial charge in [-0.25, -0.2) is 4.79 Å². The number of esters is 1. The number of hydrogen-bond donors (Lipinski definition) is 0. The zero-order valence-electron chi connectivity index (χ0n) is 11.0. The van der Waals surface area contributed by atoms with Gasteiger partial charge in [-0.3, -0.25) is 0 Å². The summed E-state index contributed by atoms with van der Waals surface area (Å²) in [5.41, 5.74) is 1.72. The van der Waals surface area contributed by atoms with Gasteiger partial charge in [-0.15, -0.1) is 0 Å². The van der Waals surface area contributed by atoms with E-state index >= 15 is 0 Å². The highest BCUT2D eigenvalue weighted by molar-refractivity contribution is 6.03. The van der Waals surface area contributed by atoms with Crippen LogP contribution in [0.1, 0.15) is 29.2 Å². The number of benzene rings is 1. The van der Waals surface area contributed by atoms with Gasteiger partial charge in [0.25, 0.3) is 0 Å². The number of fused-ring (bicyclic) bond motifs is 1. The summed E-state index contributed by atoms with van der Waals surface area (Å²) in [5.74, 6) is -0.282. The fourth-order valence-corrected chi connectivity index (χ4v) is 2.76. The quantitative estimate of drug-likeness (QED) is 0.779. The highest BCUT2D eigenvalue weighted by Crippen LogP contribution is 2.28. The molecule has 1 aliphatic heterocycles. The van der Waals surface area contributed by atoms with Crippen molar-refractivity contribution >= 4 is 16.9 Å². The maximum Gasteiger partial charge on any atom is 0.338 e. The summed E-state index contributed by atoms with van der Waals surface area (Å²) in [4.78, 5) is 11.8. The van der Waals surface area contributed by atoms with Crippen LogP contribution in [0, 0.1) is 0 Å². The summed E-state index contributed by atoms with van der Waals surface area (Å²) in [6.07, 6.45) is 4.10.